The molecule has 1 N–H and O–H groups in total. The van der Waals surface area contributed by atoms with Crippen molar-refractivity contribution in [2.75, 3.05) is 19.5 Å². The fourth-order valence-electron chi connectivity index (χ4n) is 2.13. The van der Waals surface area contributed by atoms with Crippen LogP contribution in [0.4, 0.5) is 4.39 Å². The van der Waals surface area contributed by atoms with Gasteiger partial charge in [-0.25, -0.2) is 4.39 Å². The van der Waals surface area contributed by atoms with E-state index in [1.807, 2.05) is 6.08 Å². The van der Waals surface area contributed by atoms with Crippen molar-refractivity contribution in [1.82, 2.24) is 5.01 Å². The molecule has 0 radical (unpaired) electrons. The van der Waals surface area contributed by atoms with Gasteiger partial charge in [-0.3, -0.25) is 5.01 Å². The van der Waals surface area contributed by atoms with E-state index in [2.05, 4.69) is 17.3 Å². The topological polar surface area (TPSA) is 61.3 Å². The molecule has 0 fully saturated rings. The number of allylic oxidation sites excluding steroid dienone is 2. The van der Waals surface area contributed by atoms with Gasteiger partial charge in [0.25, 0.3) is 0 Å². The average molecular weight is 354 g/mol. The van der Waals surface area contributed by atoms with Crippen molar-refractivity contribution in [2.45, 2.75) is 25.9 Å². The lowest BCUT2D eigenvalue weighted by atomic mass is 10.2. The van der Waals surface area contributed by atoms with Gasteiger partial charge in [-0.15, -0.1) is 16.7 Å². The molecule has 1 aromatic carbocycles. The summed E-state index contributed by atoms with van der Waals surface area (Å²) in [5.41, 5.74) is 1.10. The van der Waals surface area contributed by atoms with Crippen LogP contribution in [0.2, 0.25) is 0 Å². The molecule has 0 aliphatic rings. The molecule has 0 spiro atoms. The largest absolute Gasteiger partial charge is 0.458 e. The molecule has 0 saturated carbocycles. The molecule has 2 aromatic rings. The number of likely N-dealkylation sites (N-methyl/N-ethyl adjacent to an activating group) is 1. The number of aliphatic hydroxyl groups excluding tert-OH is 1. The van der Waals surface area contributed by atoms with Crippen molar-refractivity contribution < 1.29 is 13.9 Å². The minimum absolute atomic E-state index is 0.190. The molecule has 1 aromatic heterocycles. The van der Waals surface area contributed by atoms with Crippen molar-refractivity contribution in [1.29, 1.82) is 0 Å². The van der Waals surface area contributed by atoms with Gasteiger partial charge < -0.3 is 9.52 Å². The van der Waals surface area contributed by atoms with Crippen LogP contribution in [0.25, 0.3) is 11.0 Å². The third kappa shape index (κ3) is 5.04. The first-order valence-corrected chi connectivity index (χ1v) is 8.31. The summed E-state index contributed by atoms with van der Waals surface area (Å²) in [6.45, 7) is 2.26. The molecular formula is C17H21ClFN3O2. The number of unbranched alkanes of at least 4 members (excludes halogenated alkanes) is 1. The quantitative estimate of drug-likeness (QED) is 0.420. The Morgan fingerprint density at radius 1 is 1.46 bits per heavy atom. The number of furan rings is 1. The highest BCUT2D eigenvalue weighted by molar-refractivity contribution is 6.19. The molecule has 130 valence electrons. The highest BCUT2D eigenvalue weighted by atomic mass is 35.5. The zero-order valence-corrected chi connectivity index (χ0v) is 14.5. The van der Waals surface area contributed by atoms with Gasteiger partial charge in [-0.05, 0) is 24.6 Å². The Morgan fingerprint density at radius 3 is 2.96 bits per heavy atom. The lowest BCUT2D eigenvalue weighted by molar-refractivity contribution is 0.106. The van der Waals surface area contributed by atoms with Gasteiger partial charge in [0.2, 0.25) is 0 Å². The zero-order valence-electron chi connectivity index (χ0n) is 13.7. The Hall–Kier alpha value is -1.92. The first-order valence-electron chi connectivity index (χ1n) is 7.78. The van der Waals surface area contributed by atoms with Gasteiger partial charge >= 0.3 is 0 Å². The van der Waals surface area contributed by atoms with Crippen LogP contribution >= 0.6 is 11.6 Å². The smallest absolute Gasteiger partial charge is 0.137 e. The molecule has 0 amide bonds. The van der Waals surface area contributed by atoms with Gasteiger partial charge in [0.05, 0.1) is 18.1 Å². The molecule has 0 unspecified atom stereocenters. The van der Waals surface area contributed by atoms with E-state index in [1.165, 1.54) is 17.1 Å². The van der Waals surface area contributed by atoms with Gasteiger partial charge in [0, 0.05) is 18.5 Å². The van der Waals surface area contributed by atoms with Gasteiger partial charge in [0.1, 0.15) is 23.3 Å². The summed E-state index contributed by atoms with van der Waals surface area (Å²) >= 11 is 5.81. The first-order chi connectivity index (χ1) is 11.5. The Bertz CT molecular complexity index is 730. The molecule has 0 aliphatic carbocycles. The second-order valence-corrected chi connectivity index (χ2v) is 5.76. The van der Waals surface area contributed by atoms with Crippen LogP contribution in [0.5, 0.6) is 0 Å². The maximum absolute atomic E-state index is 13.2. The van der Waals surface area contributed by atoms with Gasteiger partial charge in [-0.1, -0.05) is 24.6 Å². The summed E-state index contributed by atoms with van der Waals surface area (Å²) in [6, 6.07) is 5.94. The molecule has 0 bridgehead atoms. The molecule has 7 heteroatoms. The van der Waals surface area contributed by atoms with E-state index in [-0.39, 0.29) is 18.2 Å². The summed E-state index contributed by atoms with van der Waals surface area (Å²) in [7, 11) is 1.70. The predicted molar refractivity (Wildman–Crippen MR) is 92.3 cm³/mol. The second kappa shape index (κ2) is 8.80. The normalized spacial score (nSPS) is 13.8. The standard InChI is InChI=1S/C17H21ClFN3O2/c1-3-4-5-14(10-18)20-21-22(2)11-15(23)17-8-12-6-7-13(19)9-16(12)24-17/h5-9,15,23H,3-4,10-11H2,1-2H3/b14-5+,21-20?/t15-/m0/s1. The molecule has 0 aliphatic heterocycles. The number of halogens is 2. The van der Waals surface area contributed by atoms with E-state index in [0.29, 0.717) is 17.0 Å². The van der Waals surface area contributed by atoms with Crippen LogP contribution < -0.4 is 0 Å². The fraction of sp³-hybridized carbons (Fsp3) is 0.412. The van der Waals surface area contributed by atoms with Crippen LogP contribution in [0.3, 0.4) is 0 Å². The Labute approximate surface area is 145 Å². The van der Waals surface area contributed by atoms with Crippen molar-refractivity contribution in [3.05, 3.63) is 47.6 Å². The molecule has 0 saturated heterocycles. The fourth-order valence-corrected chi connectivity index (χ4v) is 2.30. The van der Waals surface area contributed by atoms with Crippen LogP contribution in [0.15, 0.2) is 50.8 Å². The van der Waals surface area contributed by atoms with Crippen LogP contribution in [0.1, 0.15) is 31.6 Å². The zero-order chi connectivity index (χ0) is 17.5. The first kappa shape index (κ1) is 18.4. The highest BCUT2D eigenvalue weighted by Crippen LogP contribution is 2.25. The van der Waals surface area contributed by atoms with E-state index in [1.54, 1.807) is 19.2 Å². The Kier molecular flexibility index (Phi) is 6.75. The number of benzene rings is 1. The van der Waals surface area contributed by atoms with E-state index < -0.39 is 6.10 Å². The van der Waals surface area contributed by atoms with E-state index >= 15 is 0 Å². The number of fused-ring (bicyclic) bond motifs is 1. The number of nitrogens with zero attached hydrogens (tertiary/aromatic N) is 3. The van der Waals surface area contributed by atoms with E-state index in [4.69, 9.17) is 16.0 Å². The molecule has 1 atom stereocenters. The van der Waals surface area contributed by atoms with Crippen molar-refractivity contribution >= 4 is 22.6 Å². The van der Waals surface area contributed by atoms with Crippen LogP contribution in [0, 0.1) is 5.82 Å². The van der Waals surface area contributed by atoms with Crippen molar-refractivity contribution in [3.8, 4) is 0 Å². The number of hydrogen-bond donors (Lipinski definition) is 1. The Balaban J connectivity index is 2.00. The minimum Gasteiger partial charge on any atom is -0.458 e. The lowest BCUT2D eigenvalue weighted by Crippen LogP contribution is -2.18. The summed E-state index contributed by atoms with van der Waals surface area (Å²) in [5.74, 6) is 0.266. The van der Waals surface area contributed by atoms with Crippen LogP contribution in [-0.2, 0) is 0 Å². The van der Waals surface area contributed by atoms with Crippen molar-refractivity contribution in [2.24, 2.45) is 10.3 Å². The van der Waals surface area contributed by atoms with Gasteiger partial charge in [0.15, 0.2) is 0 Å². The van der Waals surface area contributed by atoms with Crippen LogP contribution in [-0.4, -0.2) is 29.6 Å². The average Bonchev–Trinajstić information content (AvgIpc) is 2.98. The molecule has 5 nitrogen and oxygen atoms in total. The third-order valence-electron chi connectivity index (χ3n) is 3.40. The Morgan fingerprint density at radius 2 is 2.25 bits per heavy atom. The summed E-state index contributed by atoms with van der Waals surface area (Å²) in [4.78, 5) is 0. The van der Waals surface area contributed by atoms with E-state index in [9.17, 15) is 9.50 Å². The molecule has 2 rings (SSSR count). The highest BCUT2D eigenvalue weighted by Gasteiger charge is 2.15. The number of alkyl halides is 1. The minimum atomic E-state index is -0.900. The lowest BCUT2D eigenvalue weighted by Gasteiger charge is -2.14. The predicted octanol–water partition coefficient (Wildman–Crippen LogP) is 4.83. The van der Waals surface area contributed by atoms with E-state index in [0.717, 1.165) is 18.2 Å². The van der Waals surface area contributed by atoms with Crippen molar-refractivity contribution in [3.63, 3.8) is 0 Å². The molecular weight excluding hydrogens is 333 g/mol. The summed E-state index contributed by atoms with van der Waals surface area (Å²) in [5, 5.41) is 20.6. The summed E-state index contributed by atoms with van der Waals surface area (Å²) < 4.78 is 18.7. The summed E-state index contributed by atoms with van der Waals surface area (Å²) in [6.07, 6.45) is 2.94. The number of hydrogen-bond acceptors (Lipinski definition) is 4. The SMILES string of the molecule is CCC/C=C(\CCl)N=NN(C)C[C@H](O)c1cc2ccc(F)cc2o1. The maximum atomic E-state index is 13.2. The molecule has 1 heterocycles. The monoisotopic (exact) mass is 353 g/mol. The van der Waals surface area contributed by atoms with Gasteiger partial charge in [-0.2, -0.15) is 0 Å². The second-order valence-electron chi connectivity index (χ2n) is 5.49. The number of rotatable bonds is 8. The maximum Gasteiger partial charge on any atom is 0.137 e. The third-order valence-corrected chi connectivity index (χ3v) is 3.67. The molecule has 24 heavy (non-hydrogen) atoms. The number of aliphatic hydroxyl groups is 1.